The third-order valence-corrected chi connectivity index (χ3v) is 2.71. The van der Waals surface area contributed by atoms with Crippen LogP contribution in [0.1, 0.15) is 0 Å². The summed E-state index contributed by atoms with van der Waals surface area (Å²) >= 11 is 0. The van der Waals surface area contributed by atoms with E-state index in [4.69, 9.17) is 0 Å². The molecule has 0 unspecified atom stereocenters. The molecule has 0 aliphatic rings. The Morgan fingerprint density at radius 1 is 1.30 bits per heavy atom. The van der Waals surface area contributed by atoms with Crippen molar-refractivity contribution in [1.82, 2.24) is 4.57 Å². The summed E-state index contributed by atoms with van der Waals surface area (Å²) < 4.78 is 41.8. The van der Waals surface area contributed by atoms with Crippen LogP contribution >= 0.6 is 0 Å². The lowest BCUT2D eigenvalue weighted by atomic mass is 10.2. The number of para-hydroxylation sites is 1. The van der Waals surface area contributed by atoms with Gasteiger partial charge in [-0.25, -0.2) is 0 Å². The van der Waals surface area contributed by atoms with E-state index in [2.05, 4.69) is 4.74 Å². The molecule has 2 rings (SSSR count). The van der Waals surface area contributed by atoms with Gasteiger partial charge >= 0.3 is 6.18 Å². The van der Waals surface area contributed by atoms with E-state index in [-0.39, 0.29) is 18.8 Å². The van der Waals surface area contributed by atoms with Crippen LogP contribution in [0.25, 0.3) is 10.9 Å². The summed E-state index contributed by atoms with van der Waals surface area (Å²) in [6.07, 6.45) is -2.78. The number of alkyl halides is 3. The summed E-state index contributed by atoms with van der Waals surface area (Å²) in [6.45, 7) is -1.38. The molecule has 0 aliphatic heterocycles. The number of nitro groups is 1. The summed E-state index contributed by atoms with van der Waals surface area (Å²) in [7, 11) is 0. The fourth-order valence-corrected chi connectivity index (χ4v) is 1.93. The summed E-state index contributed by atoms with van der Waals surface area (Å²) in [5, 5.41) is 11.6. The van der Waals surface area contributed by atoms with Crippen molar-refractivity contribution in [3.63, 3.8) is 0 Å². The Bertz CT molecular complexity index is 622. The molecule has 108 valence electrons. The van der Waals surface area contributed by atoms with Gasteiger partial charge in [0.1, 0.15) is 12.1 Å². The molecule has 20 heavy (non-hydrogen) atoms. The fourth-order valence-electron chi connectivity index (χ4n) is 1.93. The largest absolute Gasteiger partial charge is 0.411 e. The van der Waals surface area contributed by atoms with Gasteiger partial charge in [-0.1, -0.05) is 12.1 Å². The van der Waals surface area contributed by atoms with Crippen molar-refractivity contribution >= 4 is 16.6 Å². The smallest absolute Gasteiger partial charge is 0.370 e. The molecule has 0 saturated carbocycles. The number of nitro benzene ring substituents is 1. The third kappa shape index (κ3) is 3.27. The molecule has 0 amide bonds. The molecule has 1 aromatic heterocycles. The molecule has 0 bridgehead atoms. The third-order valence-electron chi connectivity index (χ3n) is 2.71. The zero-order valence-corrected chi connectivity index (χ0v) is 10.3. The molecule has 0 spiro atoms. The van der Waals surface area contributed by atoms with Crippen molar-refractivity contribution in [2.75, 3.05) is 13.2 Å². The van der Waals surface area contributed by atoms with E-state index >= 15 is 0 Å². The molecular formula is C12H11F3N2O3. The van der Waals surface area contributed by atoms with Gasteiger partial charge in [0.15, 0.2) is 0 Å². The number of rotatable bonds is 5. The van der Waals surface area contributed by atoms with E-state index < -0.39 is 17.7 Å². The van der Waals surface area contributed by atoms with Gasteiger partial charge in [-0.2, -0.15) is 13.2 Å². The first-order valence-electron chi connectivity index (χ1n) is 5.75. The molecule has 0 N–H and O–H groups in total. The molecule has 0 radical (unpaired) electrons. The van der Waals surface area contributed by atoms with E-state index in [1.807, 2.05) is 0 Å². The number of ether oxygens (including phenoxy) is 1. The van der Waals surface area contributed by atoms with Crippen LogP contribution in [0, 0.1) is 10.1 Å². The Morgan fingerprint density at radius 2 is 2.05 bits per heavy atom. The fraction of sp³-hybridized carbons (Fsp3) is 0.333. The maximum absolute atomic E-state index is 11.9. The molecule has 8 heteroatoms. The summed E-state index contributed by atoms with van der Waals surface area (Å²) in [4.78, 5) is 10.4. The monoisotopic (exact) mass is 288 g/mol. The Hall–Kier alpha value is -2.09. The van der Waals surface area contributed by atoms with Gasteiger partial charge in [-0.05, 0) is 6.07 Å². The predicted octanol–water partition coefficient (Wildman–Crippen LogP) is 3.13. The van der Waals surface area contributed by atoms with Crippen molar-refractivity contribution in [3.05, 3.63) is 40.6 Å². The van der Waals surface area contributed by atoms with Gasteiger partial charge in [0.05, 0.1) is 11.5 Å². The Labute approximate surface area is 111 Å². The average Bonchev–Trinajstić information content (AvgIpc) is 2.76. The van der Waals surface area contributed by atoms with Gasteiger partial charge in [-0.15, -0.1) is 0 Å². The van der Waals surface area contributed by atoms with Crippen molar-refractivity contribution in [1.29, 1.82) is 0 Å². The van der Waals surface area contributed by atoms with Crippen molar-refractivity contribution in [2.24, 2.45) is 0 Å². The minimum Gasteiger partial charge on any atom is -0.370 e. The number of non-ortho nitro benzene ring substituents is 1. The minimum absolute atomic E-state index is 0.0803. The number of hydrogen-bond acceptors (Lipinski definition) is 3. The lowest BCUT2D eigenvalue weighted by Gasteiger charge is -2.09. The summed E-state index contributed by atoms with van der Waals surface area (Å²) in [5.74, 6) is 0. The highest BCUT2D eigenvalue weighted by atomic mass is 19.4. The Kier molecular flexibility index (Phi) is 3.93. The van der Waals surface area contributed by atoms with Crippen LogP contribution in [0.4, 0.5) is 18.9 Å². The van der Waals surface area contributed by atoms with Crippen molar-refractivity contribution < 1.29 is 22.8 Å². The minimum atomic E-state index is -4.37. The molecule has 0 fully saturated rings. The molecule has 0 atom stereocenters. The summed E-state index contributed by atoms with van der Waals surface area (Å²) in [6, 6.07) is 6.29. The first-order chi connectivity index (χ1) is 9.38. The van der Waals surface area contributed by atoms with E-state index in [9.17, 15) is 23.3 Å². The number of fused-ring (bicyclic) bond motifs is 1. The molecular weight excluding hydrogens is 277 g/mol. The number of benzene rings is 1. The van der Waals surface area contributed by atoms with Gasteiger partial charge in [0.2, 0.25) is 0 Å². The second-order valence-corrected chi connectivity index (χ2v) is 4.15. The second kappa shape index (κ2) is 5.49. The first-order valence-corrected chi connectivity index (χ1v) is 5.75. The lowest BCUT2D eigenvalue weighted by molar-refractivity contribution is -0.383. The summed E-state index contributed by atoms with van der Waals surface area (Å²) in [5.41, 5.74) is 0.302. The van der Waals surface area contributed by atoms with Gasteiger partial charge in [0.25, 0.3) is 5.69 Å². The van der Waals surface area contributed by atoms with Crippen LogP contribution in [0.2, 0.25) is 0 Å². The zero-order valence-electron chi connectivity index (χ0n) is 10.3. The van der Waals surface area contributed by atoms with Crippen molar-refractivity contribution in [2.45, 2.75) is 12.7 Å². The normalized spacial score (nSPS) is 11.9. The second-order valence-electron chi connectivity index (χ2n) is 4.15. The number of aromatic nitrogens is 1. The van der Waals surface area contributed by atoms with Gasteiger partial charge in [-0.3, -0.25) is 10.1 Å². The number of hydrogen-bond donors (Lipinski definition) is 0. The highest BCUT2D eigenvalue weighted by Gasteiger charge is 2.27. The topological polar surface area (TPSA) is 57.3 Å². The molecule has 1 heterocycles. The molecule has 0 aliphatic carbocycles. The SMILES string of the molecule is O=[N+]([O-])c1cccc2ccn(CCOCC(F)(F)F)c12. The van der Waals surface area contributed by atoms with Crippen LogP contribution in [-0.4, -0.2) is 28.9 Å². The number of halogens is 3. The average molecular weight is 288 g/mol. The first kappa shape index (κ1) is 14.3. The van der Waals surface area contributed by atoms with Crippen molar-refractivity contribution in [3.8, 4) is 0 Å². The van der Waals surface area contributed by atoms with Gasteiger partial charge in [0, 0.05) is 24.2 Å². The predicted molar refractivity (Wildman–Crippen MR) is 65.5 cm³/mol. The standard InChI is InChI=1S/C12H11F3N2O3/c13-12(14,15)8-20-7-6-16-5-4-9-2-1-3-10(11(9)16)17(18)19/h1-5H,6-8H2. The molecule has 0 saturated heterocycles. The Balaban J connectivity index is 2.13. The van der Waals surface area contributed by atoms with E-state index in [1.54, 1.807) is 24.4 Å². The van der Waals surface area contributed by atoms with Crippen LogP contribution in [0.5, 0.6) is 0 Å². The molecule has 5 nitrogen and oxygen atoms in total. The molecule has 1 aromatic carbocycles. The van der Waals surface area contributed by atoms with E-state index in [1.165, 1.54) is 10.6 Å². The van der Waals surface area contributed by atoms with Crippen LogP contribution in [0.15, 0.2) is 30.5 Å². The van der Waals surface area contributed by atoms with E-state index in [0.29, 0.717) is 10.9 Å². The zero-order chi connectivity index (χ0) is 14.8. The quantitative estimate of drug-likeness (QED) is 0.482. The highest BCUT2D eigenvalue weighted by Crippen LogP contribution is 2.26. The van der Waals surface area contributed by atoms with Crippen LogP contribution in [-0.2, 0) is 11.3 Å². The van der Waals surface area contributed by atoms with Gasteiger partial charge < -0.3 is 9.30 Å². The van der Waals surface area contributed by atoms with Crippen LogP contribution < -0.4 is 0 Å². The highest BCUT2D eigenvalue weighted by molar-refractivity contribution is 5.88. The van der Waals surface area contributed by atoms with E-state index in [0.717, 1.165) is 0 Å². The molecule has 2 aromatic rings. The maximum atomic E-state index is 11.9. The Morgan fingerprint density at radius 3 is 2.70 bits per heavy atom. The van der Waals surface area contributed by atoms with Crippen LogP contribution in [0.3, 0.4) is 0 Å². The lowest BCUT2D eigenvalue weighted by Crippen LogP contribution is -2.18. The number of nitrogens with zero attached hydrogens (tertiary/aromatic N) is 2. The maximum Gasteiger partial charge on any atom is 0.411 e.